The smallest absolute Gasteiger partial charge is 0.240 e. The van der Waals surface area contributed by atoms with Crippen molar-refractivity contribution >= 4 is 15.7 Å². The van der Waals surface area contributed by atoms with Crippen LogP contribution in [0.4, 0.5) is 5.69 Å². The summed E-state index contributed by atoms with van der Waals surface area (Å²) in [5.41, 5.74) is 6.62. The van der Waals surface area contributed by atoms with E-state index in [0.717, 1.165) is 0 Å². The maximum absolute atomic E-state index is 12.0. The van der Waals surface area contributed by atoms with Crippen LogP contribution in [0.25, 0.3) is 0 Å². The fraction of sp³-hybridized carbons (Fsp3) is 0.455. The molecule has 4 N–H and O–H groups in total. The molecule has 0 bridgehead atoms. The Morgan fingerprint density at radius 2 is 2.12 bits per heavy atom. The number of nitrogens with one attached hydrogen (secondary N) is 1. The third-order valence-electron chi connectivity index (χ3n) is 2.44. The van der Waals surface area contributed by atoms with Gasteiger partial charge in [-0.15, -0.1) is 0 Å². The van der Waals surface area contributed by atoms with Gasteiger partial charge in [-0.2, -0.15) is 0 Å². The Balaban J connectivity index is 2.93. The Morgan fingerprint density at radius 3 is 2.71 bits per heavy atom. The zero-order valence-corrected chi connectivity index (χ0v) is 10.8. The van der Waals surface area contributed by atoms with Crippen LogP contribution in [0.5, 0.6) is 0 Å². The number of anilines is 1. The lowest BCUT2D eigenvalue weighted by atomic mass is 10.2. The van der Waals surface area contributed by atoms with Crippen molar-refractivity contribution in [2.24, 2.45) is 5.92 Å². The molecule has 0 heterocycles. The van der Waals surface area contributed by atoms with E-state index in [-0.39, 0.29) is 24.0 Å². The van der Waals surface area contributed by atoms with Crippen LogP contribution in [0.15, 0.2) is 23.1 Å². The molecule has 1 rings (SSSR count). The van der Waals surface area contributed by atoms with Crippen molar-refractivity contribution in [1.29, 1.82) is 0 Å². The maximum Gasteiger partial charge on any atom is 0.240 e. The molecule has 6 heteroatoms. The standard InChI is InChI=1S/C11H18N2O3S/c1-8(7-14)6-13-17(15,16)11-5-10(12)4-3-9(11)2/h3-5,8,13-14H,6-7,12H2,1-2H3. The molecule has 0 saturated carbocycles. The molecule has 1 aromatic carbocycles. The van der Waals surface area contributed by atoms with E-state index in [1.165, 1.54) is 6.07 Å². The van der Waals surface area contributed by atoms with Crippen molar-refractivity contribution in [1.82, 2.24) is 4.72 Å². The molecule has 0 radical (unpaired) electrons. The molecular formula is C11H18N2O3S. The molecule has 1 atom stereocenters. The molecule has 0 aromatic heterocycles. The molecule has 1 unspecified atom stereocenters. The number of rotatable bonds is 5. The van der Waals surface area contributed by atoms with Gasteiger partial charge >= 0.3 is 0 Å². The predicted molar refractivity (Wildman–Crippen MR) is 67.0 cm³/mol. The number of aliphatic hydroxyl groups excluding tert-OH is 1. The van der Waals surface area contributed by atoms with E-state index in [9.17, 15) is 8.42 Å². The predicted octanol–water partition coefficient (Wildman–Crippen LogP) is 0.484. The Labute approximate surface area is 102 Å². The Bertz CT molecular complexity index is 485. The monoisotopic (exact) mass is 258 g/mol. The molecule has 0 aliphatic rings. The maximum atomic E-state index is 12.0. The number of nitrogen functional groups attached to an aromatic ring is 1. The third-order valence-corrected chi connectivity index (χ3v) is 4.00. The summed E-state index contributed by atoms with van der Waals surface area (Å²) in [4.78, 5) is 0.183. The second-order valence-electron chi connectivity index (χ2n) is 4.16. The van der Waals surface area contributed by atoms with Crippen molar-refractivity contribution in [3.8, 4) is 0 Å². The van der Waals surface area contributed by atoms with Crippen molar-refractivity contribution < 1.29 is 13.5 Å². The summed E-state index contributed by atoms with van der Waals surface area (Å²) in [6.45, 7) is 3.61. The average molecular weight is 258 g/mol. The zero-order valence-electron chi connectivity index (χ0n) is 9.97. The lowest BCUT2D eigenvalue weighted by Crippen LogP contribution is -2.30. The fourth-order valence-corrected chi connectivity index (χ4v) is 2.74. The van der Waals surface area contributed by atoms with Gasteiger partial charge in [0, 0.05) is 18.8 Å². The topological polar surface area (TPSA) is 92.4 Å². The van der Waals surface area contributed by atoms with Gasteiger partial charge in [0.15, 0.2) is 0 Å². The molecule has 0 amide bonds. The van der Waals surface area contributed by atoms with E-state index < -0.39 is 10.0 Å². The molecule has 0 aliphatic heterocycles. The zero-order chi connectivity index (χ0) is 13.1. The van der Waals surface area contributed by atoms with Crippen LogP contribution in [-0.2, 0) is 10.0 Å². The number of hydrogen-bond acceptors (Lipinski definition) is 4. The van der Waals surface area contributed by atoms with Gasteiger partial charge in [-0.3, -0.25) is 0 Å². The molecule has 0 spiro atoms. The molecule has 0 aliphatic carbocycles. The van der Waals surface area contributed by atoms with Crippen molar-refractivity contribution in [2.75, 3.05) is 18.9 Å². The van der Waals surface area contributed by atoms with E-state index in [2.05, 4.69) is 4.72 Å². The van der Waals surface area contributed by atoms with Crippen molar-refractivity contribution in [2.45, 2.75) is 18.7 Å². The van der Waals surface area contributed by atoms with Crippen LogP contribution in [0, 0.1) is 12.8 Å². The Morgan fingerprint density at radius 1 is 1.47 bits per heavy atom. The number of hydrogen-bond donors (Lipinski definition) is 3. The quantitative estimate of drug-likeness (QED) is 0.670. The van der Waals surface area contributed by atoms with Gasteiger partial charge < -0.3 is 10.8 Å². The highest BCUT2D eigenvalue weighted by molar-refractivity contribution is 7.89. The van der Waals surface area contributed by atoms with E-state index in [4.69, 9.17) is 10.8 Å². The Hall–Kier alpha value is -1.11. The van der Waals surface area contributed by atoms with Gasteiger partial charge in [-0.05, 0) is 30.5 Å². The van der Waals surface area contributed by atoms with Crippen LogP contribution in [-0.4, -0.2) is 26.7 Å². The summed E-state index contributed by atoms with van der Waals surface area (Å²) in [6, 6.07) is 4.76. The molecule has 5 nitrogen and oxygen atoms in total. The van der Waals surface area contributed by atoms with Gasteiger partial charge in [-0.1, -0.05) is 13.0 Å². The molecular weight excluding hydrogens is 240 g/mol. The second-order valence-corrected chi connectivity index (χ2v) is 5.90. The van der Waals surface area contributed by atoms with E-state index in [0.29, 0.717) is 11.3 Å². The van der Waals surface area contributed by atoms with Crippen LogP contribution in [0.1, 0.15) is 12.5 Å². The number of aliphatic hydroxyl groups is 1. The molecule has 96 valence electrons. The highest BCUT2D eigenvalue weighted by atomic mass is 32.2. The molecule has 1 aromatic rings. The third kappa shape index (κ3) is 3.69. The lowest BCUT2D eigenvalue weighted by molar-refractivity contribution is 0.238. The van der Waals surface area contributed by atoms with Gasteiger partial charge in [0.25, 0.3) is 0 Å². The SMILES string of the molecule is Cc1ccc(N)cc1S(=O)(=O)NCC(C)CO. The van der Waals surface area contributed by atoms with E-state index >= 15 is 0 Å². The van der Waals surface area contributed by atoms with Crippen LogP contribution in [0.2, 0.25) is 0 Å². The summed E-state index contributed by atoms with van der Waals surface area (Å²) in [5.74, 6) is -0.119. The first-order valence-electron chi connectivity index (χ1n) is 5.33. The number of benzene rings is 1. The largest absolute Gasteiger partial charge is 0.399 e. The van der Waals surface area contributed by atoms with Crippen molar-refractivity contribution in [3.63, 3.8) is 0 Å². The van der Waals surface area contributed by atoms with Crippen molar-refractivity contribution in [3.05, 3.63) is 23.8 Å². The van der Waals surface area contributed by atoms with E-state index in [1.807, 2.05) is 0 Å². The van der Waals surface area contributed by atoms with Crippen LogP contribution >= 0.6 is 0 Å². The first kappa shape index (κ1) is 14.0. The number of sulfonamides is 1. The summed E-state index contributed by atoms with van der Waals surface area (Å²) in [6.07, 6.45) is 0. The Kier molecular flexibility index (Phi) is 4.50. The normalized spacial score (nSPS) is 13.6. The first-order chi connectivity index (χ1) is 7.86. The second kappa shape index (κ2) is 5.48. The molecule has 0 saturated heterocycles. The minimum Gasteiger partial charge on any atom is -0.399 e. The van der Waals surface area contributed by atoms with Gasteiger partial charge in [0.2, 0.25) is 10.0 Å². The van der Waals surface area contributed by atoms with Crippen LogP contribution in [0.3, 0.4) is 0 Å². The summed E-state index contributed by atoms with van der Waals surface area (Å²) in [5, 5.41) is 8.85. The average Bonchev–Trinajstić information content (AvgIpc) is 2.29. The summed E-state index contributed by atoms with van der Waals surface area (Å²) < 4.78 is 26.4. The summed E-state index contributed by atoms with van der Waals surface area (Å²) in [7, 11) is -3.56. The van der Waals surface area contributed by atoms with Gasteiger partial charge in [0.05, 0.1) is 4.90 Å². The first-order valence-corrected chi connectivity index (χ1v) is 6.82. The van der Waals surface area contributed by atoms with E-state index in [1.54, 1.807) is 26.0 Å². The minimum absolute atomic E-state index is 0.0571. The number of aryl methyl sites for hydroxylation is 1. The number of nitrogens with two attached hydrogens (primary N) is 1. The lowest BCUT2D eigenvalue weighted by Gasteiger charge is -2.12. The molecule has 17 heavy (non-hydrogen) atoms. The van der Waals surface area contributed by atoms with Crippen LogP contribution < -0.4 is 10.5 Å². The summed E-state index contributed by atoms with van der Waals surface area (Å²) >= 11 is 0. The van der Waals surface area contributed by atoms with Gasteiger partial charge in [0.1, 0.15) is 0 Å². The highest BCUT2D eigenvalue weighted by Gasteiger charge is 2.17. The highest BCUT2D eigenvalue weighted by Crippen LogP contribution is 2.18. The van der Waals surface area contributed by atoms with Gasteiger partial charge in [-0.25, -0.2) is 13.1 Å². The molecule has 0 fully saturated rings. The fourth-order valence-electron chi connectivity index (χ4n) is 1.30. The minimum atomic E-state index is -3.56.